The highest BCUT2D eigenvalue weighted by atomic mass is 79.9. The molecule has 0 radical (unpaired) electrons. The van der Waals surface area contributed by atoms with Gasteiger partial charge in [-0.25, -0.2) is 0 Å². The maximum atomic E-state index is 13.0. The first-order valence-corrected chi connectivity index (χ1v) is 10.7. The summed E-state index contributed by atoms with van der Waals surface area (Å²) < 4.78 is 17.0. The van der Waals surface area contributed by atoms with Crippen LogP contribution < -0.4 is 9.47 Å². The molecule has 0 saturated carbocycles. The van der Waals surface area contributed by atoms with Crippen LogP contribution in [0.3, 0.4) is 0 Å². The van der Waals surface area contributed by atoms with Crippen molar-refractivity contribution in [2.24, 2.45) is 0 Å². The highest BCUT2D eigenvalue weighted by Crippen LogP contribution is 2.41. The summed E-state index contributed by atoms with van der Waals surface area (Å²) in [7, 11) is 1.59. The third-order valence-corrected chi connectivity index (χ3v) is 5.76. The Balaban J connectivity index is 1.81. The van der Waals surface area contributed by atoms with Gasteiger partial charge in [0.05, 0.1) is 11.6 Å². The van der Waals surface area contributed by atoms with Crippen molar-refractivity contribution in [1.29, 1.82) is 0 Å². The van der Waals surface area contributed by atoms with Crippen molar-refractivity contribution in [2.75, 3.05) is 33.5 Å². The Labute approximate surface area is 188 Å². The number of hydrogen-bond acceptors (Lipinski definition) is 6. The van der Waals surface area contributed by atoms with Gasteiger partial charge in [0, 0.05) is 30.3 Å². The molecule has 2 aliphatic heterocycles. The molecule has 2 heterocycles. The first kappa shape index (κ1) is 21.4. The lowest BCUT2D eigenvalue weighted by molar-refractivity contribution is -0.140. The van der Waals surface area contributed by atoms with Crippen LogP contribution in [0, 0.1) is 0 Å². The van der Waals surface area contributed by atoms with E-state index in [0.717, 1.165) is 10.0 Å². The molecular formula is C23H22BrNO6. The molecule has 1 amide bonds. The maximum Gasteiger partial charge on any atom is 0.295 e. The number of aliphatic hydroxyl groups excluding tert-OH is 1. The van der Waals surface area contributed by atoms with E-state index in [1.54, 1.807) is 25.3 Å². The quantitative estimate of drug-likeness (QED) is 0.289. The van der Waals surface area contributed by atoms with Gasteiger partial charge in [0.1, 0.15) is 19.0 Å². The van der Waals surface area contributed by atoms with E-state index in [4.69, 9.17) is 14.2 Å². The van der Waals surface area contributed by atoms with E-state index >= 15 is 0 Å². The van der Waals surface area contributed by atoms with Gasteiger partial charge in [0.25, 0.3) is 11.7 Å². The highest BCUT2D eigenvalue weighted by molar-refractivity contribution is 9.10. The molecule has 1 atom stereocenters. The van der Waals surface area contributed by atoms with Gasteiger partial charge in [-0.05, 0) is 42.3 Å². The second-order valence-electron chi connectivity index (χ2n) is 7.25. The molecule has 7 nitrogen and oxygen atoms in total. The number of ketones is 1. The summed E-state index contributed by atoms with van der Waals surface area (Å²) in [6.07, 6.45) is 0.568. The number of rotatable bonds is 6. The largest absolute Gasteiger partial charge is 0.507 e. The van der Waals surface area contributed by atoms with Crippen LogP contribution in [0.5, 0.6) is 11.5 Å². The van der Waals surface area contributed by atoms with E-state index < -0.39 is 17.7 Å². The average molecular weight is 488 g/mol. The van der Waals surface area contributed by atoms with Gasteiger partial charge in [0.2, 0.25) is 0 Å². The Morgan fingerprint density at radius 2 is 1.94 bits per heavy atom. The van der Waals surface area contributed by atoms with Crippen molar-refractivity contribution < 1.29 is 28.9 Å². The average Bonchev–Trinajstić information content (AvgIpc) is 3.03. The van der Waals surface area contributed by atoms with Crippen LogP contribution >= 0.6 is 15.9 Å². The van der Waals surface area contributed by atoms with Crippen LogP contribution in [0.4, 0.5) is 0 Å². The molecule has 0 bridgehead atoms. The number of amides is 1. The number of carbonyl (C=O) groups excluding carboxylic acids is 2. The van der Waals surface area contributed by atoms with Crippen LogP contribution in [-0.4, -0.2) is 55.2 Å². The fourth-order valence-corrected chi connectivity index (χ4v) is 4.28. The summed E-state index contributed by atoms with van der Waals surface area (Å²) in [5.74, 6) is -0.528. The third-order valence-electron chi connectivity index (χ3n) is 5.27. The molecule has 4 rings (SSSR count). The number of Topliss-reactive ketones (excluding diaryl/α,β-unsaturated/α-hetero) is 1. The fraction of sp³-hybridized carbons (Fsp3) is 0.304. The molecule has 1 saturated heterocycles. The smallest absolute Gasteiger partial charge is 0.295 e. The van der Waals surface area contributed by atoms with Gasteiger partial charge in [-0.2, -0.15) is 0 Å². The summed E-state index contributed by atoms with van der Waals surface area (Å²) in [6.45, 7) is 1.64. The molecule has 162 valence electrons. The monoisotopic (exact) mass is 487 g/mol. The number of ether oxygens (including phenoxy) is 3. The number of carbonyl (C=O) groups is 2. The van der Waals surface area contributed by atoms with Crippen molar-refractivity contribution >= 4 is 33.4 Å². The minimum atomic E-state index is -0.713. The van der Waals surface area contributed by atoms with Crippen LogP contribution in [0.1, 0.15) is 23.6 Å². The van der Waals surface area contributed by atoms with Gasteiger partial charge in [-0.1, -0.05) is 28.1 Å². The number of hydrogen-bond donors (Lipinski definition) is 1. The number of methoxy groups -OCH3 is 1. The number of aliphatic hydroxyl groups is 1. The molecule has 2 aliphatic rings. The second-order valence-corrected chi connectivity index (χ2v) is 8.17. The third kappa shape index (κ3) is 4.18. The first-order chi connectivity index (χ1) is 15.0. The SMILES string of the molecule is COCCCN1C(=O)C(=O)/C(=C(/O)c2ccc3c(c2)OCCO3)C1c1cccc(Br)c1. The van der Waals surface area contributed by atoms with Gasteiger partial charge < -0.3 is 24.2 Å². The summed E-state index contributed by atoms with van der Waals surface area (Å²) in [5, 5.41) is 11.1. The zero-order valence-electron chi connectivity index (χ0n) is 17.0. The molecule has 2 aromatic rings. The van der Waals surface area contributed by atoms with E-state index in [-0.39, 0.29) is 11.3 Å². The molecule has 8 heteroatoms. The summed E-state index contributed by atoms with van der Waals surface area (Å²) >= 11 is 3.45. The predicted molar refractivity (Wildman–Crippen MR) is 117 cm³/mol. The van der Waals surface area contributed by atoms with E-state index in [9.17, 15) is 14.7 Å². The lowest BCUT2D eigenvalue weighted by atomic mass is 9.95. The Morgan fingerprint density at radius 3 is 2.68 bits per heavy atom. The Bertz CT molecular complexity index is 1050. The molecule has 1 N–H and O–H groups in total. The molecule has 0 spiro atoms. The molecule has 2 aromatic carbocycles. The number of likely N-dealkylation sites (tertiary alicyclic amines) is 1. The Hall–Kier alpha value is -2.84. The first-order valence-electron chi connectivity index (χ1n) is 9.94. The zero-order chi connectivity index (χ0) is 22.0. The minimum absolute atomic E-state index is 0.0530. The van der Waals surface area contributed by atoms with Crippen LogP contribution in [0.15, 0.2) is 52.5 Å². The van der Waals surface area contributed by atoms with E-state index in [1.165, 1.54) is 4.90 Å². The Kier molecular flexibility index (Phi) is 6.29. The van der Waals surface area contributed by atoms with Gasteiger partial charge in [0.15, 0.2) is 11.5 Å². The van der Waals surface area contributed by atoms with Crippen LogP contribution in [-0.2, 0) is 14.3 Å². The molecule has 1 unspecified atom stereocenters. The molecule has 0 aromatic heterocycles. The Morgan fingerprint density at radius 1 is 1.16 bits per heavy atom. The van der Waals surface area contributed by atoms with Gasteiger partial charge in [-0.15, -0.1) is 0 Å². The summed E-state index contributed by atoms with van der Waals surface area (Å²) in [4.78, 5) is 27.4. The highest BCUT2D eigenvalue weighted by Gasteiger charge is 2.45. The van der Waals surface area contributed by atoms with E-state index in [0.29, 0.717) is 49.8 Å². The van der Waals surface area contributed by atoms with Crippen molar-refractivity contribution in [3.05, 3.63) is 63.6 Å². The maximum absolute atomic E-state index is 13.0. The predicted octanol–water partition coefficient (Wildman–Crippen LogP) is 3.68. The fourth-order valence-electron chi connectivity index (χ4n) is 3.86. The number of benzene rings is 2. The minimum Gasteiger partial charge on any atom is -0.507 e. The summed E-state index contributed by atoms with van der Waals surface area (Å²) in [5.41, 5.74) is 1.17. The van der Waals surface area contributed by atoms with Crippen LogP contribution in [0.25, 0.3) is 5.76 Å². The van der Waals surface area contributed by atoms with Crippen molar-refractivity contribution in [3.63, 3.8) is 0 Å². The van der Waals surface area contributed by atoms with Gasteiger partial charge >= 0.3 is 0 Å². The van der Waals surface area contributed by atoms with Crippen molar-refractivity contribution in [1.82, 2.24) is 4.90 Å². The van der Waals surface area contributed by atoms with E-state index in [1.807, 2.05) is 24.3 Å². The van der Waals surface area contributed by atoms with E-state index in [2.05, 4.69) is 15.9 Å². The molecule has 1 fully saturated rings. The molecule has 0 aliphatic carbocycles. The second kappa shape index (κ2) is 9.11. The lowest BCUT2D eigenvalue weighted by Crippen LogP contribution is -2.31. The number of nitrogens with zero attached hydrogens (tertiary/aromatic N) is 1. The zero-order valence-corrected chi connectivity index (χ0v) is 18.6. The van der Waals surface area contributed by atoms with Crippen LogP contribution in [0.2, 0.25) is 0 Å². The van der Waals surface area contributed by atoms with Gasteiger partial charge in [-0.3, -0.25) is 9.59 Å². The van der Waals surface area contributed by atoms with Crippen molar-refractivity contribution in [2.45, 2.75) is 12.5 Å². The molecular weight excluding hydrogens is 466 g/mol. The topological polar surface area (TPSA) is 85.3 Å². The normalized spacial score (nSPS) is 19.7. The standard InChI is InChI=1S/C23H22BrNO6/c1-29-9-3-8-25-20(14-4-2-5-16(24)12-14)19(22(27)23(25)28)21(26)15-6-7-17-18(13-15)31-11-10-30-17/h2,4-7,12-13,20,26H,3,8-11H2,1H3/b21-19+. The number of halogens is 1. The number of fused-ring (bicyclic) bond motifs is 1. The van der Waals surface area contributed by atoms with Crippen molar-refractivity contribution in [3.8, 4) is 11.5 Å². The summed E-state index contributed by atoms with van der Waals surface area (Å²) in [6, 6.07) is 11.6. The molecule has 31 heavy (non-hydrogen) atoms. The lowest BCUT2D eigenvalue weighted by Gasteiger charge is -2.25.